The zero-order valence-corrected chi connectivity index (χ0v) is 10.8. The van der Waals surface area contributed by atoms with Crippen LogP contribution in [0.25, 0.3) is 20.7 Å². The summed E-state index contributed by atoms with van der Waals surface area (Å²) in [6, 6.07) is 8.66. The molecule has 0 aliphatic rings. The molecule has 19 heavy (non-hydrogen) atoms. The van der Waals surface area contributed by atoms with Crippen LogP contribution in [0.2, 0.25) is 0 Å². The van der Waals surface area contributed by atoms with Gasteiger partial charge in [0.05, 0.1) is 10.6 Å². The van der Waals surface area contributed by atoms with E-state index in [1.807, 2.05) is 12.1 Å². The Morgan fingerprint density at radius 1 is 1.32 bits per heavy atom. The average Bonchev–Trinajstić information content (AvgIpc) is 2.91. The Kier molecular flexibility index (Phi) is 2.53. The van der Waals surface area contributed by atoms with Crippen molar-refractivity contribution in [2.45, 2.75) is 0 Å². The summed E-state index contributed by atoms with van der Waals surface area (Å²) in [7, 11) is 1.71. The molecule has 0 aliphatic heterocycles. The van der Waals surface area contributed by atoms with Gasteiger partial charge in [0.1, 0.15) is 5.75 Å². The molecule has 3 rings (SSSR count). The molecule has 2 N–H and O–H groups in total. The number of thiophene rings is 1. The summed E-state index contributed by atoms with van der Waals surface area (Å²) in [5, 5.41) is 23.4. The van der Waals surface area contributed by atoms with Crippen molar-refractivity contribution in [2.24, 2.45) is 7.05 Å². The second-order valence-corrected chi connectivity index (χ2v) is 5.26. The van der Waals surface area contributed by atoms with E-state index in [4.69, 9.17) is 5.11 Å². The Labute approximate surface area is 112 Å². The first-order chi connectivity index (χ1) is 9.04. The topological polar surface area (TPSA) is 75.4 Å². The van der Waals surface area contributed by atoms with Gasteiger partial charge in [-0.15, -0.1) is 11.3 Å². The van der Waals surface area contributed by atoms with E-state index in [0.717, 1.165) is 20.7 Å². The Morgan fingerprint density at radius 2 is 2.11 bits per heavy atom. The van der Waals surface area contributed by atoms with Crippen molar-refractivity contribution in [2.75, 3.05) is 0 Å². The van der Waals surface area contributed by atoms with Crippen molar-refractivity contribution < 1.29 is 15.0 Å². The Balaban J connectivity index is 2.16. The quantitative estimate of drug-likeness (QED) is 0.753. The first kappa shape index (κ1) is 11.7. The van der Waals surface area contributed by atoms with E-state index in [1.165, 1.54) is 11.3 Å². The fourth-order valence-electron chi connectivity index (χ4n) is 1.95. The van der Waals surface area contributed by atoms with Gasteiger partial charge in [0.25, 0.3) is 0 Å². The summed E-state index contributed by atoms with van der Waals surface area (Å²) in [5.74, 6) is -0.822. The lowest BCUT2D eigenvalue weighted by molar-refractivity contribution is 0.0689. The molecule has 0 saturated heterocycles. The van der Waals surface area contributed by atoms with E-state index in [1.54, 1.807) is 29.9 Å². The second-order valence-electron chi connectivity index (χ2n) is 4.18. The van der Waals surface area contributed by atoms with Crippen LogP contribution in [0.5, 0.6) is 5.75 Å². The van der Waals surface area contributed by atoms with Gasteiger partial charge in [-0.05, 0) is 35.7 Å². The van der Waals surface area contributed by atoms with E-state index in [0.29, 0.717) is 0 Å². The molecule has 1 aromatic carbocycles. The van der Waals surface area contributed by atoms with E-state index in [2.05, 4.69) is 5.10 Å². The van der Waals surface area contributed by atoms with Crippen LogP contribution < -0.4 is 0 Å². The molecule has 3 aromatic rings. The number of rotatable bonds is 2. The third-order valence-electron chi connectivity index (χ3n) is 2.86. The van der Waals surface area contributed by atoms with Crippen LogP contribution in [-0.2, 0) is 7.05 Å². The number of nitrogens with zero attached hydrogens (tertiary/aromatic N) is 2. The zero-order valence-electron chi connectivity index (χ0n) is 9.99. The number of aryl methyl sites for hydroxylation is 1. The van der Waals surface area contributed by atoms with Gasteiger partial charge in [0, 0.05) is 11.7 Å². The maximum atomic E-state index is 10.9. The number of carboxylic acids is 1. The molecule has 2 heterocycles. The second kappa shape index (κ2) is 4.10. The number of carboxylic acid groups (broad SMARTS) is 1. The highest BCUT2D eigenvalue weighted by atomic mass is 32.1. The van der Waals surface area contributed by atoms with Crippen molar-refractivity contribution in [3.8, 4) is 16.3 Å². The zero-order chi connectivity index (χ0) is 13.6. The Morgan fingerprint density at radius 3 is 2.79 bits per heavy atom. The maximum Gasteiger partial charge on any atom is 0.356 e. The molecule has 96 valence electrons. The number of phenolic OH excluding ortho intramolecular Hbond substituents is 1. The monoisotopic (exact) mass is 274 g/mol. The molecule has 0 saturated carbocycles. The van der Waals surface area contributed by atoms with Gasteiger partial charge in [-0.25, -0.2) is 4.79 Å². The lowest BCUT2D eigenvalue weighted by Crippen LogP contribution is -1.99. The third kappa shape index (κ3) is 1.96. The standard InChI is InChI=1S/C13H10N2O3S/c1-15-10(6-9(14-15)13(17)18)12-4-7-2-3-8(16)5-11(7)19-12/h2-6,16H,1H3,(H,17,18). The SMILES string of the molecule is Cn1nc(C(=O)O)cc1-c1cc2ccc(O)cc2s1. The van der Waals surface area contributed by atoms with Crippen LogP contribution in [0.4, 0.5) is 0 Å². The van der Waals surface area contributed by atoms with E-state index in [9.17, 15) is 9.90 Å². The van der Waals surface area contributed by atoms with E-state index >= 15 is 0 Å². The number of carbonyl (C=O) groups is 1. The number of fused-ring (bicyclic) bond motifs is 1. The van der Waals surface area contributed by atoms with Crippen LogP contribution >= 0.6 is 11.3 Å². The third-order valence-corrected chi connectivity index (χ3v) is 3.98. The van der Waals surface area contributed by atoms with Gasteiger partial charge in [-0.2, -0.15) is 5.10 Å². The van der Waals surface area contributed by atoms with Gasteiger partial charge in [-0.1, -0.05) is 0 Å². The minimum atomic E-state index is -1.04. The van der Waals surface area contributed by atoms with Gasteiger partial charge in [0.2, 0.25) is 0 Å². The predicted octanol–water partition coefficient (Wildman–Crippen LogP) is 2.71. The number of benzene rings is 1. The summed E-state index contributed by atoms with van der Waals surface area (Å²) in [6.45, 7) is 0. The summed E-state index contributed by atoms with van der Waals surface area (Å²) >= 11 is 1.49. The lowest BCUT2D eigenvalue weighted by atomic mass is 10.2. The maximum absolute atomic E-state index is 10.9. The molecule has 0 spiro atoms. The average molecular weight is 274 g/mol. The van der Waals surface area contributed by atoms with Crippen LogP contribution in [0.3, 0.4) is 0 Å². The molecule has 0 bridgehead atoms. The molecule has 0 radical (unpaired) electrons. The van der Waals surface area contributed by atoms with Crippen molar-refractivity contribution in [1.82, 2.24) is 9.78 Å². The van der Waals surface area contributed by atoms with Crippen molar-refractivity contribution in [3.63, 3.8) is 0 Å². The fraction of sp³-hybridized carbons (Fsp3) is 0.0769. The summed E-state index contributed by atoms with van der Waals surface area (Å²) in [4.78, 5) is 11.8. The van der Waals surface area contributed by atoms with Crippen LogP contribution in [0, 0.1) is 0 Å². The summed E-state index contributed by atoms with van der Waals surface area (Å²) < 4.78 is 2.50. The first-order valence-corrected chi connectivity index (χ1v) is 6.36. The minimum absolute atomic E-state index is 0.0257. The number of hydrogen-bond donors (Lipinski definition) is 2. The van der Waals surface area contributed by atoms with Crippen molar-refractivity contribution in [3.05, 3.63) is 36.0 Å². The van der Waals surface area contributed by atoms with Gasteiger partial charge >= 0.3 is 5.97 Å². The number of aromatic hydroxyl groups is 1. The summed E-state index contributed by atoms with van der Waals surface area (Å²) in [5.41, 5.74) is 0.774. The van der Waals surface area contributed by atoms with E-state index < -0.39 is 5.97 Å². The van der Waals surface area contributed by atoms with Crippen LogP contribution in [0.1, 0.15) is 10.5 Å². The molecule has 0 aliphatic carbocycles. The molecule has 2 aromatic heterocycles. The highest BCUT2D eigenvalue weighted by molar-refractivity contribution is 7.22. The molecule has 0 atom stereocenters. The number of hydrogen-bond acceptors (Lipinski definition) is 4. The van der Waals surface area contributed by atoms with Gasteiger partial charge in [-0.3, -0.25) is 4.68 Å². The predicted molar refractivity (Wildman–Crippen MR) is 72.7 cm³/mol. The van der Waals surface area contributed by atoms with E-state index in [-0.39, 0.29) is 11.4 Å². The molecule has 0 unspecified atom stereocenters. The largest absolute Gasteiger partial charge is 0.508 e. The molecular formula is C13H10N2O3S. The highest BCUT2D eigenvalue weighted by Gasteiger charge is 2.14. The fourth-order valence-corrected chi connectivity index (χ4v) is 3.09. The molecule has 5 nitrogen and oxygen atoms in total. The van der Waals surface area contributed by atoms with Gasteiger partial charge < -0.3 is 10.2 Å². The number of aromatic nitrogens is 2. The number of aromatic carboxylic acids is 1. The first-order valence-electron chi connectivity index (χ1n) is 5.55. The van der Waals surface area contributed by atoms with Crippen molar-refractivity contribution in [1.29, 1.82) is 0 Å². The smallest absolute Gasteiger partial charge is 0.356 e. The van der Waals surface area contributed by atoms with Gasteiger partial charge in [0.15, 0.2) is 5.69 Å². The normalized spacial score (nSPS) is 11.0. The van der Waals surface area contributed by atoms with Crippen molar-refractivity contribution >= 4 is 27.4 Å². The minimum Gasteiger partial charge on any atom is -0.508 e. The van der Waals surface area contributed by atoms with Crippen LogP contribution in [-0.4, -0.2) is 26.0 Å². The number of phenols is 1. The molecular weight excluding hydrogens is 264 g/mol. The summed E-state index contributed by atoms with van der Waals surface area (Å²) in [6.07, 6.45) is 0. The Hall–Kier alpha value is -2.34. The molecule has 6 heteroatoms. The Bertz CT molecular complexity index is 788. The molecule has 0 fully saturated rings. The molecule has 0 amide bonds. The van der Waals surface area contributed by atoms with Crippen LogP contribution in [0.15, 0.2) is 30.3 Å². The highest BCUT2D eigenvalue weighted by Crippen LogP contribution is 2.35. The lowest BCUT2D eigenvalue weighted by Gasteiger charge is -1.95.